The molecule has 1 unspecified atom stereocenters. The molecule has 0 saturated carbocycles. The molecule has 1 aromatic carbocycles. The molecule has 0 amide bonds. The molecule has 116 valence electrons. The Hall–Kier alpha value is -2.31. The summed E-state index contributed by atoms with van der Waals surface area (Å²) in [6, 6.07) is 4.85. The van der Waals surface area contributed by atoms with Crippen molar-refractivity contribution in [1.29, 1.82) is 0 Å². The van der Waals surface area contributed by atoms with Gasteiger partial charge in [0.15, 0.2) is 5.75 Å². The number of nitro benzene ring substituents is 1. The van der Waals surface area contributed by atoms with Crippen LogP contribution in [0.5, 0.6) is 5.75 Å². The highest BCUT2D eigenvalue weighted by Crippen LogP contribution is 2.34. The zero-order chi connectivity index (χ0) is 15.8. The molecular formula is C14H20N2O5. The first-order chi connectivity index (χ1) is 9.95. The molecule has 1 atom stereocenters. The third-order valence-electron chi connectivity index (χ3n) is 2.97. The summed E-state index contributed by atoms with van der Waals surface area (Å²) in [4.78, 5) is 21.2. The highest BCUT2D eigenvalue weighted by Gasteiger charge is 2.21. The van der Waals surface area contributed by atoms with E-state index in [1.54, 1.807) is 25.1 Å². The Balaban J connectivity index is 2.76. The van der Waals surface area contributed by atoms with Gasteiger partial charge in [0.25, 0.3) is 0 Å². The Morgan fingerprint density at radius 2 is 2.24 bits per heavy atom. The minimum absolute atomic E-state index is 0.0872. The van der Waals surface area contributed by atoms with Crippen LogP contribution in [0.2, 0.25) is 0 Å². The summed E-state index contributed by atoms with van der Waals surface area (Å²) < 4.78 is 5.27. The summed E-state index contributed by atoms with van der Waals surface area (Å²) in [5.41, 5.74) is 0.290. The number of carboxylic acid groups (broad SMARTS) is 1. The number of benzene rings is 1. The summed E-state index contributed by atoms with van der Waals surface area (Å²) in [7, 11) is 0. The number of nitrogens with zero attached hydrogens (tertiary/aromatic N) is 1. The first-order valence-electron chi connectivity index (χ1n) is 6.81. The molecule has 0 aliphatic rings. The van der Waals surface area contributed by atoms with E-state index in [4.69, 9.17) is 9.84 Å². The predicted molar refractivity (Wildman–Crippen MR) is 78.8 cm³/mol. The number of carboxylic acids is 1. The monoisotopic (exact) mass is 296 g/mol. The van der Waals surface area contributed by atoms with Gasteiger partial charge in [-0.2, -0.15) is 0 Å². The molecule has 7 nitrogen and oxygen atoms in total. The van der Waals surface area contributed by atoms with Crippen molar-refractivity contribution in [2.75, 3.05) is 18.5 Å². The number of rotatable bonds is 9. The molecule has 0 aliphatic carbocycles. The topological polar surface area (TPSA) is 102 Å². The van der Waals surface area contributed by atoms with Gasteiger partial charge in [-0.1, -0.05) is 13.0 Å². The van der Waals surface area contributed by atoms with E-state index < -0.39 is 10.9 Å². The maximum absolute atomic E-state index is 11.2. The van der Waals surface area contributed by atoms with Gasteiger partial charge in [-0.3, -0.25) is 14.9 Å². The van der Waals surface area contributed by atoms with Crippen LogP contribution in [0.1, 0.15) is 26.7 Å². The van der Waals surface area contributed by atoms with Crippen LogP contribution in [0.25, 0.3) is 0 Å². The second kappa shape index (κ2) is 8.08. The van der Waals surface area contributed by atoms with Gasteiger partial charge in [-0.05, 0) is 31.4 Å². The lowest BCUT2D eigenvalue weighted by Gasteiger charge is -2.14. The average molecular weight is 296 g/mol. The van der Waals surface area contributed by atoms with Crippen molar-refractivity contribution in [3.05, 3.63) is 28.3 Å². The van der Waals surface area contributed by atoms with E-state index in [2.05, 4.69) is 5.32 Å². The zero-order valence-electron chi connectivity index (χ0n) is 12.2. The number of hydrogen-bond acceptors (Lipinski definition) is 5. The zero-order valence-corrected chi connectivity index (χ0v) is 12.2. The van der Waals surface area contributed by atoms with Gasteiger partial charge < -0.3 is 15.2 Å². The number of nitro groups is 1. The Kier molecular flexibility index (Phi) is 6.45. The lowest BCUT2D eigenvalue weighted by molar-refractivity contribution is -0.384. The van der Waals surface area contributed by atoms with E-state index in [0.717, 1.165) is 0 Å². The molecule has 1 rings (SSSR count). The molecule has 0 saturated heterocycles. The molecular weight excluding hydrogens is 276 g/mol. The summed E-state index contributed by atoms with van der Waals surface area (Å²) >= 11 is 0. The fraction of sp³-hybridized carbons (Fsp3) is 0.500. The van der Waals surface area contributed by atoms with Gasteiger partial charge in [0.1, 0.15) is 5.69 Å². The summed E-state index contributed by atoms with van der Waals surface area (Å²) in [5, 5.41) is 22.8. The number of hydrogen-bond donors (Lipinski definition) is 2. The molecule has 0 radical (unpaired) electrons. The van der Waals surface area contributed by atoms with Crippen molar-refractivity contribution < 1.29 is 19.6 Å². The summed E-state index contributed by atoms with van der Waals surface area (Å²) in [6.07, 6.45) is 0.602. The number of ether oxygens (including phenoxy) is 1. The van der Waals surface area contributed by atoms with Crippen molar-refractivity contribution >= 4 is 17.3 Å². The second-order valence-electron chi connectivity index (χ2n) is 4.76. The van der Waals surface area contributed by atoms with Crippen molar-refractivity contribution in [2.45, 2.75) is 26.7 Å². The van der Waals surface area contributed by atoms with Crippen LogP contribution in [0.4, 0.5) is 11.4 Å². The van der Waals surface area contributed by atoms with Crippen molar-refractivity contribution in [2.24, 2.45) is 5.92 Å². The maximum Gasteiger partial charge on any atom is 0.333 e. The summed E-state index contributed by atoms with van der Waals surface area (Å²) in [5.74, 6) is -0.520. The van der Waals surface area contributed by atoms with Gasteiger partial charge in [0.05, 0.1) is 11.5 Å². The highest BCUT2D eigenvalue weighted by molar-refractivity contribution is 5.68. The van der Waals surface area contributed by atoms with Gasteiger partial charge in [-0.15, -0.1) is 0 Å². The third kappa shape index (κ3) is 5.29. The molecule has 0 spiro atoms. The molecule has 2 N–H and O–H groups in total. The van der Waals surface area contributed by atoms with Crippen LogP contribution in [0.15, 0.2) is 18.2 Å². The van der Waals surface area contributed by atoms with E-state index in [9.17, 15) is 14.9 Å². The number of carbonyl (C=O) groups is 1. The fourth-order valence-corrected chi connectivity index (χ4v) is 1.88. The quantitative estimate of drug-likeness (QED) is 0.536. The van der Waals surface area contributed by atoms with E-state index in [1.807, 2.05) is 6.92 Å². The van der Waals surface area contributed by atoms with Crippen LogP contribution < -0.4 is 10.1 Å². The Bertz CT molecular complexity index is 504. The molecule has 21 heavy (non-hydrogen) atoms. The minimum atomic E-state index is -0.842. The van der Waals surface area contributed by atoms with E-state index in [0.29, 0.717) is 25.3 Å². The van der Waals surface area contributed by atoms with Gasteiger partial charge in [0.2, 0.25) is 0 Å². The van der Waals surface area contributed by atoms with E-state index in [-0.39, 0.29) is 23.8 Å². The predicted octanol–water partition coefficient (Wildman–Crippen LogP) is 2.91. The Morgan fingerprint density at radius 3 is 2.81 bits per heavy atom. The number of para-hydroxylation sites is 1. The standard InChI is InChI=1S/C14H20N2O5/c1-3-21-12-6-4-5-11(14(12)16(19)20)15-9-10(2)7-8-13(17)18/h4-6,10,15H,3,7-9H2,1-2H3,(H,17,18). The largest absolute Gasteiger partial charge is 0.487 e. The fourth-order valence-electron chi connectivity index (χ4n) is 1.88. The molecule has 0 heterocycles. The first kappa shape index (κ1) is 16.7. The van der Waals surface area contributed by atoms with Crippen molar-refractivity contribution in [3.63, 3.8) is 0 Å². The molecule has 7 heteroatoms. The normalized spacial score (nSPS) is 11.7. The Labute approximate surface area is 123 Å². The van der Waals surface area contributed by atoms with Gasteiger partial charge >= 0.3 is 11.7 Å². The smallest absolute Gasteiger partial charge is 0.333 e. The number of aliphatic carboxylic acids is 1. The molecule has 0 aromatic heterocycles. The van der Waals surface area contributed by atoms with E-state index >= 15 is 0 Å². The molecule has 0 bridgehead atoms. The second-order valence-corrected chi connectivity index (χ2v) is 4.76. The number of anilines is 1. The van der Waals surface area contributed by atoms with Crippen LogP contribution in [0.3, 0.4) is 0 Å². The molecule has 0 fully saturated rings. The van der Waals surface area contributed by atoms with Crippen molar-refractivity contribution in [1.82, 2.24) is 0 Å². The third-order valence-corrected chi connectivity index (χ3v) is 2.97. The van der Waals surface area contributed by atoms with Gasteiger partial charge in [-0.25, -0.2) is 0 Å². The lowest BCUT2D eigenvalue weighted by Crippen LogP contribution is -2.14. The minimum Gasteiger partial charge on any atom is -0.487 e. The summed E-state index contributed by atoms with van der Waals surface area (Å²) in [6.45, 7) is 4.47. The average Bonchev–Trinajstić information content (AvgIpc) is 2.43. The maximum atomic E-state index is 11.2. The van der Waals surface area contributed by atoms with Crippen LogP contribution >= 0.6 is 0 Å². The Morgan fingerprint density at radius 1 is 1.52 bits per heavy atom. The van der Waals surface area contributed by atoms with E-state index in [1.165, 1.54) is 0 Å². The number of nitrogens with one attached hydrogen (secondary N) is 1. The van der Waals surface area contributed by atoms with Gasteiger partial charge in [0, 0.05) is 13.0 Å². The lowest BCUT2D eigenvalue weighted by atomic mass is 10.1. The van der Waals surface area contributed by atoms with Crippen LogP contribution in [-0.2, 0) is 4.79 Å². The highest BCUT2D eigenvalue weighted by atomic mass is 16.6. The SMILES string of the molecule is CCOc1cccc(NCC(C)CCC(=O)O)c1[N+](=O)[O-]. The van der Waals surface area contributed by atoms with Crippen LogP contribution in [-0.4, -0.2) is 29.2 Å². The molecule has 0 aliphatic heterocycles. The van der Waals surface area contributed by atoms with Crippen LogP contribution in [0, 0.1) is 16.0 Å². The first-order valence-corrected chi connectivity index (χ1v) is 6.81. The molecule has 1 aromatic rings. The van der Waals surface area contributed by atoms with Crippen molar-refractivity contribution in [3.8, 4) is 5.75 Å².